The number of carbonyl (C=O) groups is 2. The molecule has 1 aliphatic rings. The molecule has 1 aromatic rings. The SMILES string of the molecule is C=C(C)CC1(C(C)=O)CCc2ccccc2C1=O. The first kappa shape index (κ1) is 12.7. The van der Waals surface area contributed by atoms with Gasteiger partial charge in [0.1, 0.15) is 5.78 Å². The number of allylic oxidation sites excluding steroid dienone is 1. The summed E-state index contributed by atoms with van der Waals surface area (Å²) in [5.74, 6) is -0.0650. The monoisotopic (exact) mass is 242 g/mol. The standard InChI is InChI=1S/C16H18O2/c1-11(2)10-16(12(3)17)9-8-13-6-4-5-7-14(13)15(16)18/h4-7H,1,8-10H2,2-3H3. The van der Waals surface area contributed by atoms with E-state index in [2.05, 4.69) is 6.58 Å². The van der Waals surface area contributed by atoms with Crippen LogP contribution in [0.5, 0.6) is 0 Å². The Labute approximate surface area is 108 Å². The molecular weight excluding hydrogens is 224 g/mol. The lowest BCUT2D eigenvalue weighted by atomic mass is 9.65. The van der Waals surface area contributed by atoms with Crippen LogP contribution in [0.2, 0.25) is 0 Å². The van der Waals surface area contributed by atoms with Gasteiger partial charge in [-0.3, -0.25) is 9.59 Å². The highest BCUT2D eigenvalue weighted by Gasteiger charge is 2.45. The molecule has 0 radical (unpaired) electrons. The Morgan fingerprint density at radius 3 is 2.61 bits per heavy atom. The van der Waals surface area contributed by atoms with Crippen molar-refractivity contribution in [3.63, 3.8) is 0 Å². The van der Waals surface area contributed by atoms with Crippen molar-refractivity contribution in [3.8, 4) is 0 Å². The molecule has 0 N–H and O–H groups in total. The van der Waals surface area contributed by atoms with Crippen LogP contribution in [0.3, 0.4) is 0 Å². The number of carbonyl (C=O) groups excluding carboxylic acids is 2. The molecule has 1 aromatic carbocycles. The van der Waals surface area contributed by atoms with E-state index in [1.807, 2.05) is 31.2 Å². The van der Waals surface area contributed by atoms with Crippen LogP contribution < -0.4 is 0 Å². The molecule has 0 aliphatic heterocycles. The van der Waals surface area contributed by atoms with Gasteiger partial charge in [0.15, 0.2) is 5.78 Å². The predicted molar refractivity (Wildman–Crippen MR) is 71.6 cm³/mol. The smallest absolute Gasteiger partial charge is 0.176 e. The van der Waals surface area contributed by atoms with E-state index in [4.69, 9.17) is 0 Å². The maximum absolute atomic E-state index is 12.7. The third-order valence-electron chi connectivity index (χ3n) is 3.80. The number of hydrogen-bond acceptors (Lipinski definition) is 2. The van der Waals surface area contributed by atoms with Gasteiger partial charge in [-0.15, -0.1) is 6.58 Å². The molecule has 0 amide bonds. The zero-order valence-electron chi connectivity index (χ0n) is 11.0. The zero-order chi connectivity index (χ0) is 13.3. The van der Waals surface area contributed by atoms with Gasteiger partial charge in [-0.2, -0.15) is 0 Å². The first-order valence-electron chi connectivity index (χ1n) is 6.25. The molecule has 2 heteroatoms. The van der Waals surface area contributed by atoms with Crippen LogP contribution in [-0.4, -0.2) is 11.6 Å². The Kier molecular flexibility index (Phi) is 3.20. The zero-order valence-corrected chi connectivity index (χ0v) is 11.0. The molecule has 0 fully saturated rings. The minimum Gasteiger partial charge on any atom is -0.299 e. The second-order valence-electron chi connectivity index (χ2n) is 5.26. The lowest BCUT2D eigenvalue weighted by Gasteiger charge is -2.34. The van der Waals surface area contributed by atoms with Crippen molar-refractivity contribution in [3.05, 3.63) is 47.5 Å². The fourth-order valence-corrected chi connectivity index (χ4v) is 2.82. The first-order valence-corrected chi connectivity index (χ1v) is 6.25. The van der Waals surface area contributed by atoms with Crippen molar-refractivity contribution < 1.29 is 9.59 Å². The summed E-state index contributed by atoms with van der Waals surface area (Å²) < 4.78 is 0. The summed E-state index contributed by atoms with van der Waals surface area (Å²) in [5.41, 5.74) is 1.78. The molecule has 0 saturated heterocycles. The predicted octanol–water partition coefficient (Wildman–Crippen LogP) is 3.36. The summed E-state index contributed by atoms with van der Waals surface area (Å²) in [6, 6.07) is 7.59. The van der Waals surface area contributed by atoms with Gasteiger partial charge < -0.3 is 0 Å². The number of rotatable bonds is 3. The molecule has 0 bridgehead atoms. The van der Waals surface area contributed by atoms with E-state index < -0.39 is 5.41 Å². The van der Waals surface area contributed by atoms with Gasteiger partial charge in [0.05, 0.1) is 5.41 Å². The number of aryl methyl sites for hydroxylation is 1. The molecule has 2 nitrogen and oxygen atoms in total. The minimum absolute atomic E-state index is 0.0279. The van der Waals surface area contributed by atoms with Crippen LogP contribution in [0.25, 0.3) is 0 Å². The van der Waals surface area contributed by atoms with Gasteiger partial charge in [0.2, 0.25) is 0 Å². The van der Waals surface area contributed by atoms with Crippen molar-refractivity contribution in [2.45, 2.75) is 33.1 Å². The van der Waals surface area contributed by atoms with Gasteiger partial charge in [-0.25, -0.2) is 0 Å². The third-order valence-corrected chi connectivity index (χ3v) is 3.80. The number of benzene rings is 1. The Morgan fingerprint density at radius 1 is 1.33 bits per heavy atom. The number of fused-ring (bicyclic) bond motifs is 1. The van der Waals surface area contributed by atoms with E-state index in [1.54, 1.807) is 0 Å². The van der Waals surface area contributed by atoms with Gasteiger partial charge in [-0.1, -0.05) is 29.8 Å². The van der Waals surface area contributed by atoms with Crippen LogP contribution in [-0.2, 0) is 11.2 Å². The van der Waals surface area contributed by atoms with Crippen LogP contribution in [0.4, 0.5) is 0 Å². The van der Waals surface area contributed by atoms with Crippen molar-refractivity contribution in [2.75, 3.05) is 0 Å². The molecule has 0 saturated carbocycles. The Morgan fingerprint density at radius 2 is 2.00 bits per heavy atom. The van der Waals surface area contributed by atoms with E-state index in [0.29, 0.717) is 18.4 Å². The molecule has 0 aromatic heterocycles. The van der Waals surface area contributed by atoms with Crippen molar-refractivity contribution in [1.82, 2.24) is 0 Å². The molecule has 1 unspecified atom stereocenters. The minimum atomic E-state index is -0.875. The average molecular weight is 242 g/mol. The van der Waals surface area contributed by atoms with Gasteiger partial charge in [0.25, 0.3) is 0 Å². The summed E-state index contributed by atoms with van der Waals surface area (Å²) >= 11 is 0. The molecule has 0 heterocycles. The largest absolute Gasteiger partial charge is 0.299 e. The number of Topliss-reactive ketones (excluding diaryl/α,β-unsaturated/α-hetero) is 2. The summed E-state index contributed by atoms with van der Waals surface area (Å²) in [4.78, 5) is 24.7. The first-order chi connectivity index (χ1) is 8.47. The normalized spacial score (nSPS) is 22.4. The topological polar surface area (TPSA) is 34.1 Å². The second-order valence-corrected chi connectivity index (χ2v) is 5.26. The number of ketones is 2. The third kappa shape index (κ3) is 1.92. The molecule has 2 rings (SSSR count). The maximum atomic E-state index is 12.7. The fourth-order valence-electron chi connectivity index (χ4n) is 2.82. The highest BCUT2D eigenvalue weighted by molar-refractivity contribution is 6.15. The lowest BCUT2D eigenvalue weighted by molar-refractivity contribution is -0.124. The Bertz CT molecular complexity index is 528. The molecular formula is C16H18O2. The Balaban J connectivity index is 2.50. The number of hydrogen-bond donors (Lipinski definition) is 0. The van der Waals surface area contributed by atoms with Gasteiger partial charge in [-0.05, 0) is 38.7 Å². The molecule has 18 heavy (non-hydrogen) atoms. The van der Waals surface area contributed by atoms with E-state index in [1.165, 1.54) is 6.92 Å². The molecule has 1 atom stereocenters. The lowest BCUT2D eigenvalue weighted by Crippen LogP contribution is -2.42. The molecule has 1 aliphatic carbocycles. The van der Waals surface area contributed by atoms with E-state index in [0.717, 1.165) is 17.6 Å². The van der Waals surface area contributed by atoms with Crippen LogP contribution in [0, 0.1) is 5.41 Å². The van der Waals surface area contributed by atoms with Gasteiger partial charge >= 0.3 is 0 Å². The highest BCUT2D eigenvalue weighted by atomic mass is 16.2. The van der Waals surface area contributed by atoms with Gasteiger partial charge in [0, 0.05) is 5.56 Å². The highest BCUT2D eigenvalue weighted by Crippen LogP contribution is 2.40. The Hall–Kier alpha value is -1.70. The van der Waals surface area contributed by atoms with Crippen LogP contribution in [0.1, 0.15) is 42.6 Å². The van der Waals surface area contributed by atoms with E-state index in [9.17, 15) is 9.59 Å². The van der Waals surface area contributed by atoms with Crippen LogP contribution >= 0.6 is 0 Å². The van der Waals surface area contributed by atoms with Crippen molar-refractivity contribution >= 4 is 11.6 Å². The van der Waals surface area contributed by atoms with Crippen molar-refractivity contribution in [1.29, 1.82) is 0 Å². The quantitative estimate of drug-likeness (QED) is 0.601. The second kappa shape index (κ2) is 4.52. The summed E-state index contributed by atoms with van der Waals surface area (Å²) in [7, 11) is 0. The summed E-state index contributed by atoms with van der Waals surface area (Å²) in [6.45, 7) is 7.26. The molecule has 0 spiro atoms. The van der Waals surface area contributed by atoms with E-state index in [-0.39, 0.29) is 11.6 Å². The van der Waals surface area contributed by atoms with Crippen LogP contribution in [0.15, 0.2) is 36.4 Å². The molecule has 94 valence electrons. The maximum Gasteiger partial charge on any atom is 0.176 e. The fraction of sp³-hybridized carbons (Fsp3) is 0.375. The summed E-state index contributed by atoms with van der Waals surface area (Å²) in [5, 5.41) is 0. The van der Waals surface area contributed by atoms with Crippen molar-refractivity contribution in [2.24, 2.45) is 5.41 Å². The van der Waals surface area contributed by atoms with E-state index >= 15 is 0 Å². The average Bonchev–Trinajstić information content (AvgIpc) is 2.32. The summed E-state index contributed by atoms with van der Waals surface area (Å²) in [6.07, 6.45) is 1.86.